The van der Waals surface area contributed by atoms with Gasteiger partial charge >= 0.3 is 11.9 Å². The molecule has 1 N–H and O–H groups in total. The summed E-state index contributed by atoms with van der Waals surface area (Å²) < 4.78 is 12.6. The number of thiazole rings is 1. The molecule has 0 saturated carbocycles. The second kappa shape index (κ2) is 10.5. The van der Waals surface area contributed by atoms with Crippen LogP contribution in [0.15, 0.2) is 69.6 Å². The third kappa shape index (κ3) is 5.42. The van der Waals surface area contributed by atoms with Crippen molar-refractivity contribution in [3.63, 3.8) is 0 Å². The van der Waals surface area contributed by atoms with Crippen molar-refractivity contribution >= 4 is 41.0 Å². The standard InChI is InChI=1S/C26H23ClN2O6S/c1-14(2)35-25(33)22-15(3)28-26-29(23(22)17-6-8-18(27)9-7-17)24(32)20(36-26)12-16-4-10-19(11-5-16)34-13-21(30)31/h4-12,14,23H,13H2,1-3H3,(H,30,31)/t23-/m1/s1. The molecule has 1 aliphatic rings. The topological polar surface area (TPSA) is 107 Å². The maximum atomic E-state index is 13.6. The average Bonchev–Trinajstić information content (AvgIpc) is 3.12. The van der Waals surface area contributed by atoms with Gasteiger partial charge in [0.25, 0.3) is 5.56 Å². The van der Waals surface area contributed by atoms with Crippen molar-refractivity contribution in [1.29, 1.82) is 0 Å². The average molecular weight is 527 g/mol. The van der Waals surface area contributed by atoms with Crippen molar-refractivity contribution in [3.8, 4) is 5.75 Å². The summed E-state index contributed by atoms with van der Waals surface area (Å²) in [5, 5.41) is 9.29. The Morgan fingerprint density at radius 3 is 2.44 bits per heavy atom. The van der Waals surface area contributed by atoms with Gasteiger partial charge in [0, 0.05) is 5.02 Å². The third-order valence-electron chi connectivity index (χ3n) is 5.31. The lowest BCUT2D eigenvalue weighted by molar-refractivity contribution is -0.143. The van der Waals surface area contributed by atoms with Gasteiger partial charge in [-0.05, 0) is 62.2 Å². The van der Waals surface area contributed by atoms with E-state index in [1.54, 1.807) is 75.4 Å². The zero-order valence-corrected chi connectivity index (χ0v) is 21.3. The van der Waals surface area contributed by atoms with E-state index in [0.717, 1.165) is 5.56 Å². The number of carboxylic acid groups (broad SMARTS) is 1. The quantitative estimate of drug-likeness (QED) is 0.473. The minimum atomic E-state index is -1.07. The van der Waals surface area contributed by atoms with Crippen molar-refractivity contribution < 1.29 is 24.2 Å². The molecule has 186 valence electrons. The number of carbonyl (C=O) groups excluding carboxylic acids is 1. The molecule has 1 aromatic heterocycles. The van der Waals surface area contributed by atoms with Gasteiger partial charge in [-0.15, -0.1) is 0 Å². The maximum Gasteiger partial charge on any atom is 0.341 e. The van der Waals surface area contributed by atoms with Crippen LogP contribution in [-0.2, 0) is 14.3 Å². The van der Waals surface area contributed by atoms with Crippen LogP contribution in [0.25, 0.3) is 6.08 Å². The van der Waals surface area contributed by atoms with E-state index in [1.165, 1.54) is 15.9 Å². The van der Waals surface area contributed by atoms with Crippen molar-refractivity contribution in [3.05, 3.63) is 95.6 Å². The summed E-state index contributed by atoms with van der Waals surface area (Å²) >= 11 is 7.30. The minimum Gasteiger partial charge on any atom is -0.482 e. The van der Waals surface area contributed by atoms with E-state index in [1.807, 2.05) is 0 Å². The highest BCUT2D eigenvalue weighted by molar-refractivity contribution is 7.07. The molecule has 2 heterocycles. The monoisotopic (exact) mass is 526 g/mol. The van der Waals surface area contributed by atoms with E-state index >= 15 is 0 Å². The molecule has 10 heteroatoms. The summed E-state index contributed by atoms with van der Waals surface area (Å²) in [6.07, 6.45) is 1.38. The molecule has 0 spiro atoms. The molecule has 0 radical (unpaired) electrons. The molecule has 1 aliphatic heterocycles. The first-order valence-electron chi connectivity index (χ1n) is 11.1. The molecule has 1 atom stereocenters. The number of halogens is 1. The second-order valence-corrected chi connectivity index (χ2v) is 9.78. The first-order chi connectivity index (χ1) is 17.1. The number of nitrogens with zero attached hydrogens (tertiary/aromatic N) is 2. The maximum absolute atomic E-state index is 13.6. The number of rotatable bonds is 7. The summed E-state index contributed by atoms with van der Waals surface area (Å²) in [6, 6.07) is 13.0. The number of esters is 1. The van der Waals surface area contributed by atoms with Gasteiger partial charge in [-0.2, -0.15) is 0 Å². The summed E-state index contributed by atoms with van der Waals surface area (Å²) in [4.78, 5) is 42.4. The van der Waals surface area contributed by atoms with Crippen LogP contribution in [0.1, 0.15) is 37.9 Å². The minimum absolute atomic E-state index is 0.296. The summed E-state index contributed by atoms with van der Waals surface area (Å²) in [7, 11) is 0. The Bertz CT molecular complexity index is 1520. The Balaban J connectivity index is 1.81. The number of carboxylic acids is 1. The summed E-state index contributed by atoms with van der Waals surface area (Å²) in [5.74, 6) is -1.19. The largest absolute Gasteiger partial charge is 0.482 e. The van der Waals surface area contributed by atoms with E-state index in [0.29, 0.717) is 36.9 Å². The lowest BCUT2D eigenvalue weighted by Gasteiger charge is -2.25. The van der Waals surface area contributed by atoms with Crippen LogP contribution in [-0.4, -0.2) is 34.3 Å². The molecule has 8 nitrogen and oxygen atoms in total. The number of allylic oxidation sites excluding steroid dienone is 1. The number of hydrogen-bond acceptors (Lipinski definition) is 7. The third-order valence-corrected chi connectivity index (χ3v) is 6.55. The lowest BCUT2D eigenvalue weighted by Crippen LogP contribution is -2.40. The fourth-order valence-electron chi connectivity index (χ4n) is 3.78. The molecular weight excluding hydrogens is 504 g/mol. The van der Waals surface area contributed by atoms with Gasteiger partial charge in [0.1, 0.15) is 5.75 Å². The molecule has 4 rings (SSSR count). The Hall–Kier alpha value is -3.69. The van der Waals surface area contributed by atoms with Crippen molar-refractivity contribution in [2.75, 3.05) is 6.61 Å². The summed E-state index contributed by atoms with van der Waals surface area (Å²) in [5.41, 5.74) is 1.91. The Morgan fingerprint density at radius 1 is 1.17 bits per heavy atom. The first kappa shape index (κ1) is 25.4. The first-order valence-corrected chi connectivity index (χ1v) is 12.3. The van der Waals surface area contributed by atoms with Crippen LogP contribution in [0.3, 0.4) is 0 Å². The highest BCUT2D eigenvalue weighted by Crippen LogP contribution is 2.31. The predicted molar refractivity (Wildman–Crippen MR) is 136 cm³/mol. The van der Waals surface area contributed by atoms with Crippen LogP contribution in [0.5, 0.6) is 5.75 Å². The van der Waals surface area contributed by atoms with Crippen molar-refractivity contribution in [1.82, 2.24) is 4.57 Å². The van der Waals surface area contributed by atoms with Gasteiger partial charge in [0.2, 0.25) is 0 Å². The van der Waals surface area contributed by atoms with Crippen LogP contribution >= 0.6 is 22.9 Å². The zero-order chi connectivity index (χ0) is 26.0. The van der Waals surface area contributed by atoms with Crippen LogP contribution in [0.4, 0.5) is 0 Å². The number of carbonyl (C=O) groups is 2. The fourth-order valence-corrected chi connectivity index (χ4v) is 4.95. The number of aromatic nitrogens is 1. The highest BCUT2D eigenvalue weighted by atomic mass is 35.5. The molecule has 0 bridgehead atoms. The van der Waals surface area contributed by atoms with Crippen LogP contribution < -0.4 is 19.6 Å². The van der Waals surface area contributed by atoms with Gasteiger partial charge < -0.3 is 14.6 Å². The van der Waals surface area contributed by atoms with E-state index in [4.69, 9.17) is 26.2 Å². The molecular formula is C26H23ClN2O6S. The summed E-state index contributed by atoms with van der Waals surface area (Å²) in [6.45, 7) is 4.81. The molecule has 0 unspecified atom stereocenters. The van der Waals surface area contributed by atoms with Crippen LogP contribution in [0.2, 0.25) is 5.02 Å². The fraction of sp³-hybridized carbons (Fsp3) is 0.231. The number of benzene rings is 2. The Kier molecular flexibility index (Phi) is 7.42. The smallest absolute Gasteiger partial charge is 0.341 e. The number of hydrogen-bond donors (Lipinski definition) is 1. The number of ether oxygens (including phenoxy) is 2. The van der Waals surface area contributed by atoms with Gasteiger partial charge in [0.15, 0.2) is 11.4 Å². The molecule has 3 aromatic rings. The molecule has 0 fully saturated rings. The van der Waals surface area contributed by atoms with Crippen molar-refractivity contribution in [2.24, 2.45) is 4.99 Å². The highest BCUT2D eigenvalue weighted by Gasteiger charge is 2.33. The van der Waals surface area contributed by atoms with E-state index in [9.17, 15) is 14.4 Å². The Morgan fingerprint density at radius 2 is 1.83 bits per heavy atom. The zero-order valence-electron chi connectivity index (χ0n) is 19.7. The number of fused-ring (bicyclic) bond motifs is 1. The van der Waals surface area contributed by atoms with Crippen molar-refractivity contribution in [2.45, 2.75) is 32.9 Å². The SMILES string of the molecule is CC1=C(C(=O)OC(C)C)[C@@H](c2ccc(Cl)cc2)n2c(sc(=Cc3ccc(OCC(=O)O)cc3)c2=O)=N1. The van der Waals surface area contributed by atoms with Gasteiger partial charge in [-0.1, -0.05) is 47.2 Å². The van der Waals surface area contributed by atoms with E-state index in [2.05, 4.69) is 4.99 Å². The van der Waals surface area contributed by atoms with Gasteiger partial charge in [-0.3, -0.25) is 9.36 Å². The van der Waals surface area contributed by atoms with Gasteiger partial charge in [0.05, 0.1) is 27.9 Å². The van der Waals surface area contributed by atoms with E-state index < -0.39 is 24.6 Å². The lowest BCUT2D eigenvalue weighted by atomic mass is 9.96. The molecule has 36 heavy (non-hydrogen) atoms. The molecule has 0 amide bonds. The van der Waals surface area contributed by atoms with Gasteiger partial charge in [-0.25, -0.2) is 14.6 Å². The molecule has 2 aromatic carbocycles. The van der Waals surface area contributed by atoms with Crippen LogP contribution in [0, 0.1) is 0 Å². The molecule has 0 aliphatic carbocycles. The predicted octanol–water partition coefficient (Wildman–Crippen LogP) is 3.30. The van der Waals surface area contributed by atoms with E-state index in [-0.39, 0.29) is 11.7 Å². The molecule has 0 saturated heterocycles. The normalized spacial score (nSPS) is 15.5. The second-order valence-electron chi connectivity index (χ2n) is 8.34. The Labute approximate surface area is 215 Å². The number of aliphatic carboxylic acids is 1.